The van der Waals surface area contributed by atoms with E-state index in [4.69, 9.17) is 5.11 Å². The molecule has 2 aromatic rings. The van der Waals surface area contributed by atoms with Gasteiger partial charge in [0.1, 0.15) is 5.69 Å². The molecule has 1 aromatic heterocycles. The van der Waals surface area contributed by atoms with E-state index < -0.39 is 0 Å². The summed E-state index contributed by atoms with van der Waals surface area (Å²) < 4.78 is 0. The highest BCUT2D eigenvalue weighted by Crippen LogP contribution is 2.34. The molecule has 0 spiro atoms. The molecule has 1 N–H and O–H groups in total. The zero-order chi connectivity index (χ0) is 14.1. The normalized spacial score (nSPS) is 14.2. The lowest BCUT2D eigenvalue weighted by molar-refractivity contribution is -0.384. The van der Waals surface area contributed by atoms with Crippen molar-refractivity contribution in [1.29, 1.82) is 0 Å². The second kappa shape index (κ2) is 5.22. The Kier molecular flexibility index (Phi) is 3.42. The van der Waals surface area contributed by atoms with Gasteiger partial charge in [-0.05, 0) is 35.1 Å². The minimum Gasteiger partial charge on any atom is -0.392 e. The summed E-state index contributed by atoms with van der Waals surface area (Å²) in [4.78, 5) is 14.3. The average Bonchev–Trinajstić information content (AvgIpc) is 2.93. The highest BCUT2D eigenvalue weighted by Gasteiger charge is 2.24. The lowest BCUT2D eigenvalue weighted by Gasteiger charge is -2.28. The van der Waals surface area contributed by atoms with Crippen molar-refractivity contribution in [2.24, 2.45) is 0 Å². The second-order valence-electron chi connectivity index (χ2n) is 4.78. The predicted octanol–water partition coefficient (Wildman–Crippen LogP) is 2.71. The number of thiophene rings is 1. The first-order valence-electron chi connectivity index (χ1n) is 6.37. The molecule has 2 heterocycles. The third kappa shape index (κ3) is 2.28. The van der Waals surface area contributed by atoms with E-state index in [1.165, 1.54) is 16.5 Å². The largest absolute Gasteiger partial charge is 0.392 e. The fourth-order valence-corrected chi connectivity index (χ4v) is 3.42. The Bertz CT molecular complexity index is 654. The minimum absolute atomic E-state index is 0.0650. The van der Waals surface area contributed by atoms with Crippen LogP contribution in [0, 0.1) is 10.1 Å². The van der Waals surface area contributed by atoms with Gasteiger partial charge in [0.2, 0.25) is 0 Å². The van der Waals surface area contributed by atoms with Crippen LogP contribution in [0.2, 0.25) is 0 Å². The Balaban J connectivity index is 1.96. The molecule has 0 unspecified atom stereocenters. The summed E-state index contributed by atoms with van der Waals surface area (Å²) in [6, 6.07) is 7.02. The topological polar surface area (TPSA) is 66.6 Å². The number of benzene rings is 1. The number of rotatable bonds is 3. The summed E-state index contributed by atoms with van der Waals surface area (Å²) in [5.74, 6) is 0. The van der Waals surface area contributed by atoms with Gasteiger partial charge in [-0.3, -0.25) is 10.1 Å². The second-order valence-corrected chi connectivity index (χ2v) is 5.78. The van der Waals surface area contributed by atoms with Crippen LogP contribution in [0.15, 0.2) is 29.6 Å². The molecular formula is C14H14N2O3S. The van der Waals surface area contributed by atoms with Gasteiger partial charge in [-0.15, -0.1) is 11.3 Å². The Morgan fingerprint density at radius 3 is 3.00 bits per heavy atom. The third-order valence-electron chi connectivity index (χ3n) is 3.57. The van der Waals surface area contributed by atoms with Crippen molar-refractivity contribution in [3.05, 3.63) is 55.8 Å². The Morgan fingerprint density at radius 2 is 2.25 bits per heavy atom. The molecule has 0 fully saturated rings. The van der Waals surface area contributed by atoms with E-state index in [0.29, 0.717) is 17.8 Å². The maximum Gasteiger partial charge on any atom is 0.292 e. The SMILES string of the molecule is O=[N+]([O-])c1cc(CO)ccc1N1CCc2sccc2C1. The van der Waals surface area contributed by atoms with Crippen molar-refractivity contribution in [2.75, 3.05) is 11.4 Å². The number of anilines is 1. The average molecular weight is 290 g/mol. The van der Waals surface area contributed by atoms with Crippen molar-refractivity contribution in [1.82, 2.24) is 0 Å². The molecular weight excluding hydrogens is 276 g/mol. The van der Waals surface area contributed by atoms with E-state index in [-0.39, 0.29) is 17.2 Å². The monoisotopic (exact) mass is 290 g/mol. The molecule has 3 rings (SSSR count). The molecule has 1 aromatic carbocycles. The summed E-state index contributed by atoms with van der Waals surface area (Å²) in [6.07, 6.45) is 0.923. The van der Waals surface area contributed by atoms with Gasteiger partial charge in [-0.2, -0.15) is 0 Å². The number of hydrogen-bond donors (Lipinski definition) is 1. The Morgan fingerprint density at radius 1 is 1.40 bits per heavy atom. The Labute approximate surface area is 120 Å². The van der Waals surface area contributed by atoms with E-state index in [9.17, 15) is 10.1 Å². The van der Waals surface area contributed by atoms with E-state index in [1.54, 1.807) is 23.5 Å². The molecule has 0 atom stereocenters. The van der Waals surface area contributed by atoms with Crippen LogP contribution >= 0.6 is 11.3 Å². The van der Waals surface area contributed by atoms with Crippen molar-refractivity contribution in [3.63, 3.8) is 0 Å². The fraction of sp³-hybridized carbons (Fsp3) is 0.286. The van der Waals surface area contributed by atoms with Crippen LogP contribution in [0.25, 0.3) is 0 Å². The number of nitro benzene ring substituents is 1. The van der Waals surface area contributed by atoms with Crippen molar-refractivity contribution >= 4 is 22.7 Å². The molecule has 1 aliphatic heterocycles. The van der Waals surface area contributed by atoms with Gasteiger partial charge >= 0.3 is 0 Å². The van der Waals surface area contributed by atoms with Crippen LogP contribution in [-0.2, 0) is 19.6 Å². The number of aliphatic hydroxyl groups excluding tert-OH is 1. The van der Waals surface area contributed by atoms with Crippen LogP contribution < -0.4 is 4.90 Å². The Hall–Kier alpha value is -1.92. The maximum absolute atomic E-state index is 11.2. The van der Waals surface area contributed by atoms with Crippen molar-refractivity contribution < 1.29 is 10.0 Å². The molecule has 20 heavy (non-hydrogen) atoms. The van der Waals surface area contributed by atoms with E-state index >= 15 is 0 Å². The molecule has 0 saturated heterocycles. The number of nitro groups is 1. The van der Waals surface area contributed by atoms with Gasteiger partial charge in [0.05, 0.1) is 11.5 Å². The fourth-order valence-electron chi connectivity index (χ4n) is 2.54. The third-order valence-corrected chi connectivity index (χ3v) is 4.59. The van der Waals surface area contributed by atoms with Gasteiger partial charge in [0.25, 0.3) is 5.69 Å². The highest BCUT2D eigenvalue weighted by molar-refractivity contribution is 7.10. The molecule has 6 heteroatoms. The van der Waals surface area contributed by atoms with Crippen LogP contribution in [0.3, 0.4) is 0 Å². The summed E-state index contributed by atoms with van der Waals surface area (Å²) in [5.41, 5.74) is 2.51. The summed E-state index contributed by atoms with van der Waals surface area (Å²) >= 11 is 1.75. The van der Waals surface area contributed by atoms with Gasteiger partial charge in [0.15, 0.2) is 0 Å². The van der Waals surface area contributed by atoms with E-state index in [2.05, 4.69) is 11.4 Å². The molecule has 0 radical (unpaired) electrons. The zero-order valence-electron chi connectivity index (χ0n) is 10.8. The lowest BCUT2D eigenvalue weighted by atomic mass is 10.1. The van der Waals surface area contributed by atoms with Crippen molar-refractivity contribution in [2.45, 2.75) is 19.6 Å². The van der Waals surface area contributed by atoms with E-state index in [0.717, 1.165) is 13.0 Å². The molecule has 0 aliphatic carbocycles. The first-order valence-corrected chi connectivity index (χ1v) is 7.25. The quantitative estimate of drug-likeness (QED) is 0.697. The van der Waals surface area contributed by atoms with Crippen LogP contribution in [0.4, 0.5) is 11.4 Å². The minimum atomic E-state index is -0.377. The molecule has 0 saturated carbocycles. The van der Waals surface area contributed by atoms with Gasteiger partial charge in [-0.25, -0.2) is 0 Å². The molecule has 0 bridgehead atoms. The number of hydrogen-bond acceptors (Lipinski definition) is 5. The first-order chi connectivity index (χ1) is 9.69. The first kappa shape index (κ1) is 13.1. The molecule has 104 valence electrons. The number of aliphatic hydroxyl groups is 1. The van der Waals surface area contributed by atoms with Crippen LogP contribution in [0.1, 0.15) is 16.0 Å². The standard InChI is InChI=1S/C14H14N2O3S/c17-9-10-1-2-12(13(7-10)16(18)19)15-5-3-14-11(8-15)4-6-20-14/h1-2,4,6-7,17H,3,5,8-9H2. The van der Waals surface area contributed by atoms with Crippen molar-refractivity contribution in [3.8, 4) is 0 Å². The zero-order valence-corrected chi connectivity index (χ0v) is 11.6. The van der Waals surface area contributed by atoms with E-state index in [1.807, 2.05) is 4.90 Å². The highest BCUT2D eigenvalue weighted by atomic mass is 32.1. The predicted molar refractivity (Wildman–Crippen MR) is 78.1 cm³/mol. The van der Waals surface area contributed by atoms with Gasteiger partial charge in [0, 0.05) is 24.0 Å². The van der Waals surface area contributed by atoms with Crippen LogP contribution in [-0.4, -0.2) is 16.6 Å². The number of fused-ring (bicyclic) bond motifs is 1. The summed E-state index contributed by atoms with van der Waals surface area (Å²) in [5, 5.41) is 22.4. The van der Waals surface area contributed by atoms with Gasteiger partial charge in [-0.1, -0.05) is 6.07 Å². The summed E-state index contributed by atoms with van der Waals surface area (Å²) in [6.45, 7) is 1.31. The number of nitrogens with zero attached hydrogens (tertiary/aromatic N) is 2. The van der Waals surface area contributed by atoms with Gasteiger partial charge < -0.3 is 10.0 Å². The molecule has 5 nitrogen and oxygen atoms in total. The summed E-state index contributed by atoms with van der Waals surface area (Å²) in [7, 11) is 0. The molecule has 1 aliphatic rings. The molecule has 0 amide bonds. The lowest BCUT2D eigenvalue weighted by Crippen LogP contribution is -2.29. The van der Waals surface area contributed by atoms with Crippen LogP contribution in [0.5, 0.6) is 0 Å². The maximum atomic E-state index is 11.2. The smallest absolute Gasteiger partial charge is 0.292 e.